The Balaban J connectivity index is 1.97. The maximum Gasteiger partial charge on any atom is 0.416 e. The van der Waals surface area contributed by atoms with Gasteiger partial charge < -0.3 is 10.2 Å². The van der Waals surface area contributed by atoms with Crippen molar-refractivity contribution in [2.24, 2.45) is 5.92 Å². The summed E-state index contributed by atoms with van der Waals surface area (Å²) < 4.78 is 38.8. The molecule has 21 heavy (non-hydrogen) atoms. The molecule has 0 aliphatic carbocycles. The van der Waals surface area contributed by atoms with Gasteiger partial charge in [-0.05, 0) is 50.9 Å². The molecular weight excluding hydrogens is 277 g/mol. The summed E-state index contributed by atoms with van der Waals surface area (Å²) in [6, 6.07) is 6.01. The Labute approximate surface area is 124 Å². The number of hydrogen-bond acceptors (Lipinski definition) is 2. The van der Waals surface area contributed by atoms with Crippen LogP contribution in [-0.2, 0) is 12.7 Å². The van der Waals surface area contributed by atoms with Gasteiger partial charge in [-0.2, -0.15) is 13.2 Å². The molecule has 0 saturated carbocycles. The molecule has 1 N–H and O–H groups in total. The molecule has 2 atom stereocenters. The van der Waals surface area contributed by atoms with Crippen LogP contribution in [0.1, 0.15) is 30.9 Å². The van der Waals surface area contributed by atoms with Crippen molar-refractivity contribution in [2.75, 3.05) is 20.1 Å². The summed E-state index contributed by atoms with van der Waals surface area (Å²) in [6.45, 7) is 4.45. The zero-order valence-electron chi connectivity index (χ0n) is 12.6. The standard InChI is InChI=1S/C16H23F3N2/c1-12(14-7-5-9-21(2)11-14)20-10-13-6-3-4-8-15(13)16(17,18)19/h3-4,6,8,12,14,20H,5,7,9-11H2,1-2H3. The van der Waals surface area contributed by atoms with Gasteiger partial charge >= 0.3 is 6.18 Å². The van der Waals surface area contributed by atoms with Gasteiger partial charge in [-0.15, -0.1) is 0 Å². The fraction of sp³-hybridized carbons (Fsp3) is 0.625. The largest absolute Gasteiger partial charge is 0.416 e. The maximum atomic E-state index is 12.9. The summed E-state index contributed by atoms with van der Waals surface area (Å²) in [7, 11) is 2.10. The average molecular weight is 300 g/mol. The molecular formula is C16H23F3N2. The molecule has 1 aliphatic heterocycles. The number of nitrogens with zero attached hydrogens (tertiary/aromatic N) is 1. The van der Waals surface area contributed by atoms with Crippen molar-refractivity contribution in [3.63, 3.8) is 0 Å². The quantitative estimate of drug-likeness (QED) is 0.915. The number of piperidine rings is 1. The van der Waals surface area contributed by atoms with Crippen LogP contribution < -0.4 is 5.32 Å². The van der Waals surface area contributed by atoms with E-state index < -0.39 is 11.7 Å². The average Bonchev–Trinajstić information content (AvgIpc) is 2.44. The first-order valence-corrected chi connectivity index (χ1v) is 7.45. The number of nitrogens with one attached hydrogen (secondary N) is 1. The third-order valence-corrected chi connectivity index (χ3v) is 4.31. The Hall–Kier alpha value is -1.07. The third kappa shape index (κ3) is 4.45. The number of rotatable bonds is 4. The second-order valence-electron chi connectivity index (χ2n) is 5.99. The fourth-order valence-electron chi connectivity index (χ4n) is 3.00. The molecule has 0 bridgehead atoms. The van der Waals surface area contributed by atoms with E-state index in [4.69, 9.17) is 0 Å². The van der Waals surface area contributed by atoms with Gasteiger partial charge in [-0.25, -0.2) is 0 Å². The van der Waals surface area contributed by atoms with E-state index in [9.17, 15) is 13.2 Å². The van der Waals surface area contributed by atoms with Crippen molar-refractivity contribution in [3.05, 3.63) is 35.4 Å². The van der Waals surface area contributed by atoms with E-state index in [2.05, 4.69) is 24.2 Å². The van der Waals surface area contributed by atoms with E-state index in [1.54, 1.807) is 12.1 Å². The lowest BCUT2D eigenvalue weighted by Gasteiger charge is -2.34. The Morgan fingerprint density at radius 3 is 2.71 bits per heavy atom. The lowest BCUT2D eigenvalue weighted by Crippen LogP contribution is -2.42. The highest BCUT2D eigenvalue weighted by Crippen LogP contribution is 2.32. The summed E-state index contributed by atoms with van der Waals surface area (Å²) in [6.07, 6.45) is -1.99. The highest BCUT2D eigenvalue weighted by Gasteiger charge is 2.33. The number of alkyl halides is 3. The predicted molar refractivity (Wildman–Crippen MR) is 78.0 cm³/mol. The minimum absolute atomic E-state index is 0.217. The smallest absolute Gasteiger partial charge is 0.310 e. The number of benzene rings is 1. The van der Waals surface area contributed by atoms with Gasteiger partial charge in [0, 0.05) is 19.1 Å². The van der Waals surface area contributed by atoms with Gasteiger partial charge in [0.05, 0.1) is 5.56 Å². The number of hydrogen-bond donors (Lipinski definition) is 1. The van der Waals surface area contributed by atoms with E-state index in [1.807, 2.05) is 0 Å². The Kier molecular flexibility index (Phi) is 5.27. The molecule has 1 aliphatic rings. The van der Waals surface area contributed by atoms with Crippen molar-refractivity contribution in [2.45, 2.75) is 38.5 Å². The van der Waals surface area contributed by atoms with E-state index in [0.717, 1.165) is 32.0 Å². The second-order valence-corrected chi connectivity index (χ2v) is 5.99. The number of likely N-dealkylation sites (tertiary alicyclic amines) is 1. The normalized spacial score (nSPS) is 22.2. The van der Waals surface area contributed by atoms with Crippen LogP contribution in [0.25, 0.3) is 0 Å². The summed E-state index contributed by atoms with van der Waals surface area (Å²) >= 11 is 0. The van der Waals surface area contributed by atoms with Gasteiger partial charge in [0.15, 0.2) is 0 Å². The zero-order chi connectivity index (χ0) is 15.5. The van der Waals surface area contributed by atoms with Crippen LogP contribution in [0.4, 0.5) is 13.2 Å². The third-order valence-electron chi connectivity index (χ3n) is 4.31. The van der Waals surface area contributed by atoms with E-state index in [0.29, 0.717) is 11.5 Å². The van der Waals surface area contributed by atoms with E-state index in [1.165, 1.54) is 6.07 Å². The Morgan fingerprint density at radius 1 is 1.33 bits per heavy atom. The van der Waals surface area contributed by atoms with Crippen LogP contribution in [0.2, 0.25) is 0 Å². The van der Waals surface area contributed by atoms with E-state index >= 15 is 0 Å². The van der Waals surface area contributed by atoms with Crippen LogP contribution in [0, 0.1) is 5.92 Å². The molecule has 1 saturated heterocycles. The molecule has 1 fully saturated rings. The molecule has 118 valence electrons. The highest BCUT2D eigenvalue weighted by atomic mass is 19.4. The van der Waals surface area contributed by atoms with Crippen molar-refractivity contribution < 1.29 is 13.2 Å². The summed E-state index contributed by atoms with van der Waals surface area (Å²) in [5, 5.41) is 3.28. The molecule has 0 radical (unpaired) electrons. The van der Waals surface area contributed by atoms with Gasteiger partial charge in [0.1, 0.15) is 0 Å². The monoisotopic (exact) mass is 300 g/mol. The molecule has 0 aromatic heterocycles. The van der Waals surface area contributed by atoms with E-state index in [-0.39, 0.29) is 12.6 Å². The van der Waals surface area contributed by atoms with Gasteiger partial charge in [-0.3, -0.25) is 0 Å². The van der Waals surface area contributed by atoms with Crippen molar-refractivity contribution in [3.8, 4) is 0 Å². The molecule has 0 amide bonds. The van der Waals surface area contributed by atoms with Crippen molar-refractivity contribution in [1.29, 1.82) is 0 Å². The van der Waals surface area contributed by atoms with Crippen LogP contribution in [0.5, 0.6) is 0 Å². The SMILES string of the molecule is CC(NCc1ccccc1C(F)(F)F)C1CCCN(C)C1. The molecule has 2 nitrogen and oxygen atoms in total. The molecule has 2 unspecified atom stereocenters. The molecule has 5 heteroatoms. The fourth-order valence-corrected chi connectivity index (χ4v) is 3.00. The first-order chi connectivity index (χ1) is 9.88. The number of halogens is 3. The first-order valence-electron chi connectivity index (χ1n) is 7.45. The van der Waals surface area contributed by atoms with Crippen molar-refractivity contribution in [1.82, 2.24) is 10.2 Å². The summed E-state index contributed by atoms with van der Waals surface area (Å²) in [5.74, 6) is 0.502. The second kappa shape index (κ2) is 6.79. The molecule has 1 aromatic rings. The Morgan fingerprint density at radius 2 is 2.05 bits per heavy atom. The maximum absolute atomic E-state index is 12.9. The first kappa shape index (κ1) is 16.3. The summed E-state index contributed by atoms with van der Waals surface area (Å²) in [4.78, 5) is 2.29. The highest BCUT2D eigenvalue weighted by molar-refractivity contribution is 5.29. The lowest BCUT2D eigenvalue weighted by atomic mass is 9.91. The Bertz CT molecular complexity index is 459. The van der Waals surface area contributed by atoms with Gasteiger partial charge in [0.2, 0.25) is 0 Å². The van der Waals surface area contributed by atoms with Gasteiger partial charge in [0.25, 0.3) is 0 Å². The molecule has 1 aromatic carbocycles. The van der Waals surface area contributed by atoms with Crippen LogP contribution in [-0.4, -0.2) is 31.1 Å². The minimum atomic E-state index is -4.29. The lowest BCUT2D eigenvalue weighted by molar-refractivity contribution is -0.138. The van der Waals surface area contributed by atoms with Crippen LogP contribution >= 0.6 is 0 Å². The molecule has 0 spiro atoms. The van der Waals surface area contributed by atoms with Crippen molar-refractivity contribution >= 4 is 0 Å². The minimum Gasteiger partial charge on any atom is -0.310 e. The zero-order valence-corrected chi connectivity index (χ0v) is 12.6. The van der Waals surface area contributed by atoms with Crippen LogP contribution in [0.3, 0.4) is 0 Å². The van der Waals surface area contributed by atoms with Gasteiger partial charge in [-0.1, -0.05) is 18.2 Å². The predicted octanol–water partition coefficient (Wildman–Crippen LogP) is 3.53. The molecule has 2 rings (SSSR count). The van der Waals surface area contributed by atoms with Crippen LogP contribution in [0.15, 0.2) is 24.3 Å². The topological polar surface area (TPSA) is 15.3 Å². The summed E-state index contributed by atoms with van der Waals surface area (Å²) in [5.41, 5.74) is -0.216. The molecule has 1 heterocycles.